The summed E-state index contributed by atoms with van der Waals surface area (Å²) in [7, 11) is 0. The third kappa shape index (κ3) is 3.66. The first-order valence-electron chi connectivity index (χ1n) is 6.46. The minimum Gasteiger partial charge on any atom is -0.366 e. The zero-order chi connectivity index (χ0) is 15.4. The highest BCUT2D eigenvalue weighted by Gasteiger charge is 2.13. The van der Waals surface area contributed by atoms with Crippen LogP contribution in [-0.4, -0.2) is 14.9 Å². The van der Waals surface area contributed by atoms with Gasteiger partial charge in [-0.2, -0.15) is 0 Å². The number of nitrogens with one attached hydrogen (secondary N) is 1. The Kier molecular flexibility index (Phi) is 4.70. The first-order chi connectivity index (χ1) is 9.99. The number of nitrogens with zero attached hydrogens (tertiary/aromatic N) is 3. The van der Waals surface area contributed by atoms with Crippen LogP contribution in [0, 0.1) is 10.1 Å². The van der Waals surface area contributed by atoms with E-state index in [-0.39, 0.29) is 11.6 Å². The first-order valence-corrected chi connectivity index (χ1v) is 6.84. The largest absolute Gasteiger partial charge is 0.366 e. The topological polar surface area (TPSA) is 81.0 Å². The fraction of sp³-hybridized carbons (Fsp3) is 0.286. The second-order valence-electron chi connectivity index (χ2n) is 4.86. The Labute approximate surface area is 127 Å². The minimum atomic E-state index is -0.418. The molecule has 110 valence electrons. The van der Waals surface area contributed by atoms with Gasteiger partial charge in [0.25, 0.3) is 5.69 Å². The maximum atomic E-state index is 10.6. The number of hydrogen-bond acceptors (Lipinski definition) is 5. The minimum absolute atomic E-state index is 0.0756. The van der Waals surface area contributed by atoms with Crippen LogP contribution in [-0.2, 0) is 6.54 Å². The quantitative estimate of drug-likeness (QED) is 0.516. The van der Waals surface area contributed by atoms with Crippen LogP contribution in [0.5, 0.6) is 0 Å². The molecule has 2 aromatic rings. The summed E-state index contributed by atoms with van der Waals surface area (Å²) >= 11 is 6.10. The highest BCUT2D eigenvalue weighted by atomic mass is 35.5. The number of benzene rings is 1. The zero-order valence-electron chi connectivity index (χ0n) is 11.7. The monoisotopic (exact) mass is 306 g/mol. The predicted molar refractivity (Wildman–Crippen MR) is 81.6 cm³/mol. The number of aromatic nitrogens is 2. The standard InChI is InChI=1S/C14H15ClN4O2/c1-9(2)12-13(15)17-8-18-14(12)16-7-10-3-5-11(6-4-10)19(20)21/h3-6,8-9H,7H2,1-2H3,(H,16,17,18). The molecule has 1 aromatic heterocycles. The van der Waals surface area contributed by atoms with Gasteiger partial charge in [0.1, 0.15) is 17.3 Å². The van der Waals surface area contributed by atoms with Crippen molar-refractivity contribution >= 4 is 23.1 Å². The van der Waals surface area contributed by atoms with Crippen molar-refractivity contribution in [3.63, 3.8) is 0 Å². The van der Waals surface area contributed by atoms with Gasteiger partial charge in [0, 0.05) is 24.2 Å². The van der Waals surface area contributed by atoms with E-state index in [4.69, 9.17) is 11.6 Å². The Morgan fingerprint density at radius 2 is 1.95 bits per heavy atom. The van der Waals surface area contributed by atoms with Gasteiger partial charge in [0.05, 0.1) is 4.92 Å². The second-order valence-corrected chi connectivity index (χ2v) is 5.22. The summed E-state index contributed by atoms with van der Waals surface area (Å²) in [6, 6.07) is 6.38. The lowest BCUT2D eigenvalue weighted by Crippen LogP contribution is -2.07. The highest BCUT2D eigenvalue weighted by molar-refractivity contribution is 6.30. The first kappa shape index (κ1) is 15.2. The Morgan fingerprint density at radius 3 is 2.52 bits per heavy atom. The average molecular weight is 307 g/mol. The maximum Gasteiger partial charge on any atom is 0.269 e. The average Bonchev–Trinajstić information content (AvgIpc) is 2.45. The van der Waals surface area contributed by atoms with E-state index in [2.05, 4.69) is 15.3 Å². The lowest BCUT2D eigenvalue weighted by atomic mass is 10.1. The molecule has 0 saturated heterocycles. The van der Waals surface area contributed by atoms with E-state index >= 15 is 0 Å². The number of rotatable bonds is 5. The molecule has 0 spiro atoms. The molecule has 1 N–H and O–H groups in total. The van der Waals surface area contributed by atoms with Crippen molar-refractivity contribution in [1.29, 1.82) is 0 Å². The smallest absolute Gasteiger partial charge is 0.269 e. The van der Waals surface area contributed by atoms with Gasteiger partial charge in [0.15, 0.2) is 0 Å². The maximum absolute atomic E-state index is 10.6. The highest BCUT2D eigenvalue weighted by Crippen LogP contribution is 2.28. The fourth-order valence-electron chi connectivity index (χ4n) is 1.95. The Bertz CT molecular complexity index is 644. The van der Waals surface area contributed by atoms with Crippen molar-refractivity contribution in [2.75, 3.05) is 5.32 Å². The molecule has 0 bridgehead atoms. The number of halogens is 1. The molecule has 0 aliphatic heterocycles. The van der Waals surface area contributed by atoms with Crippen LogP contribution in [0.4, 0.5) is 11.5 Å². The van der Waals surface area contributed by atoms with Crippen molar-refractivity contribution < 1.29 is 4.92 Å². The zero-order valence-corrected chi connectivity index (χ0v) is 12.5. The molecular weight excluding hydrogens is 292 g/mol. The number of nitro groups is 1. The number of anilines is 1. The molecule has 1 heterocycles. The Balaban J connectivity index is 2.13. The molecule has 21 heavy (non-hydrogen) atoms. The summed E-state index contributed by atoms with van der Waals surface area (Å²) in [4.78, 5) is 18.4. The van der Waals surface area contributed by atoms with Gasteiger partial charge in [-0.25, -0.2) is 9.97 Å². The molecule has 1 aromatic carbocycles. The van der Waals surface area contributed by atoms with Gasteiger partial charge in [0.2, 0.25) is 0 Å². The molecule has 0 atom stereocenters. The van der Waals surface area contributed by atoms with Gasteiger partial charge in [-0.1, -0.05) is 37.6 Å². The van der Waals surface area contributed by atoms with E-state index in [1.165, 1.54) is 18.5 Å². The SMILES string of the molecule is CC(C)c1c(Cl)ncnc1NCc1ccc([N+](=O)[O-])cc1. The Morgan fingerprint density at radius 1 is 1.29 bits per heavy atom. The number of non-ortho nitro benzene ring substituents is 1. The molecule has 0 fully saturated rings. The second kappa shape index (κ2) is 6.49. The lowest BCUT2D eigenvalue weighted by molar-refractivity contribution is -0.384. The molecule has 6 nitrogen and oxygen atoms in total. The van der Waals surface area contributed by atoms with E-state index in [0.29, 0.717) is 17.5 Å². The molecule has 0 aliphatic rings. The van der Waals surface area contributed by atoms with Crippen LogP contribution in [0.15, 0.2) is 30.6 Å². The van der Waals surface area contributed by atoms with Gasteiger partial charge in [-0.05, 0) is 11.5 Å². The molecule has 7 heteroatoms. The molecular formula is C14H15ClN4O2. The third-order valence-corrected chi connectivity index (χ3v) is 3.32. The van der Waals surface area contributed by atoms with Crippen molar-refractivity contribution in [1.82, 2.24) is 9.97 Å². The van der Waals surface area contributed by atoms with Gasteiger partial charge in [-0.15, -0.1) is 0 Å². The van der Waals surface area contributed by atoms with E-state index in [1.807, 2.05) is 13.8 Å². The normalized spacial score (nSPS) is 10.7. The van der Waals surface area contributed by atoms with Crippen LogP contribution in [0.25, 0.3) is 0 Å². The summed E-state index contributed by atoms with van der Waals surface area (Å²) in [5, 5.41) is 14.2. The third-order valence-electron chi connectivity index (χ3n) is 3.02. The Hall–Kier alpha value is -2.21. The van der Waals surface area contributed by atoms with E-state index in [0.717, 1.165) is 11.1 Å². The molecule has 0 aliphatic carbocycles. The van der Waals surface area contributed by atoms with Crippen molar-refractivity contribution in [2.24, 2.45) is 0 Å². The molecule has 0 saturated carbocycles. The summed E-state index contributed by atoms with van der Waals surface area (Å²) in [6.07, 6.45) is 1.41. The summed E-state index contributed by atoms with van der Waals surface area (Å²) in [5.41, 5.74) is 1.86. The number of hydrogen-bond donors (Lipinski definition) is 1. The summed E-state index contributed by atoms with van der Waals surface area (Å²) in [5.74, 6) is 0.876. The molecule has 0 radical (unpaired) electrons. The summed E-state index contributed by atoms with van der Waals surface area (Å²) < 4.78 is 0. The van der Waals surface area contributed by atoms with Gasteiger partial charge < -0.3 is 5.32 Å². The van der Waals surface area contributed by atoms with Crippen LogP contribution >= 0.6 is 11.6 Å². The van der Waals surface area contributed by atoms with Crippen LogP contribution in [0.2, 0.25) is 5.15 Å². The van der Waals surface area contributed by atoms with Crippen molar-refractivity contribution in [3.8, 4) is 0 Å². The van der Waals surface area contributed by atoms with E-state index < -0.39 is 4.92 Å². The molecule has 0 amide bonds. The van der Waals surface area contributed by atoms with Crippen LogP contribution in [0.3, 0.4) is 0 Å². The van der Waals surface area contributed by atoms with E-state index in [1.54, 1.807) is 12.1 Å². The van der Waals surface area contributed by atoms with Crippen molar-refractivity contribution in [2.45, 2.75) is 26.3 Å². The number of nitro benzene ring substituents is 1. The van der Waals surface area contributed by atoms with Crippen molar-refractivity contribution in [3.05, 3.63) is 57.0 Å². The van der Waals surface area contributed by atoms with E-state index in [9.17, 15) is 10.1 Å². The lowest BCUT2D eigenvalue weighted by Gasteiger charge is -2.14. The van der Waals surface area contributed by atoms with Crippen LogP contribution < -0.4 is 5.32 Å². The molecule has 2 rings (SSSR count). The summed E-state index contributed by atoms with van der Waals surface area (Å²) in [6.45, 7) is 4.54. The van der Waals surface area contributed by atoms with Gasteiger partial charge in [-0.3, -0.25) is 10.1 Å². The fourth-order valence-corrected chi connectivity index (χ4v) is 2.30. The van der Waals surface area contributed by atoms with Gasteiger partial charge >= 0.3 is 0 Å². The molecule has 0 unspecified atom stereocenters. The predicted octanol–water partition coefficient (Wildman–Crippen LogP) is 3.77. The van der Waals surface area contributed by atoms with Crippen LogP contribution in [0.1, 0.15) is 30.9 Å².